The van der Waals surface area contributed by atoms with Crippen molar-refractivity contribution in [2.45, 2.75) is 192 Å². The van der Waals surface area contributed by atoms with Gasteiger partial charge in [0.15, 0.2) is 6.61 Å². The van der Waals surface area contributed by atoms with E-state index in [1.807, 2.05) is 0 Å². The standard InChI is InChI=1S/C56H70F15NO4/c1-35(2)12-11-13-36(3)44-25-26-45-43-24-17-38-32-42(27-29-48(38,4)46(43)28-30-49(44,45)5)76-47(73)14-9-7-6-8-10-31-74-40-20-15-37(16-21-40)33-72-39-18-22-41(23-19-39)75-34-50(57,58)51(59,60)52(61,62)53(63,64)54(65,66)55(67,68)56(69,70)71/h15-23,33,35-36,42-46H,6-14,24-32,34H2,1-5H3/t36-,42+,43+,44-,45+,46+,48+,49-/m1/s1. The van der Waals surface area contributed by atoms with E-state index in [9.17, 15) is 70.7 Å². The van der Waals surface area contributed by atoms with Gasteiger partial charge in [-0.3, -0.25) is 9.79 Å². The molecule has 428 valence electrons. The van der Waals surface area contributed by atoms with E-state index >= 15 is 0 Å². The molecule has 0 radical (unpaired) electrons. The van der Waals surface area contributed by atoms with E-state index in [0.717, 1.165) is 112 Å². The molecule has 0 bridgehead atoms. The minimum atomic E-state index is -8.36. The summed E-state index contributed by atoms with van der Waals surface area (Å²) in [7, 11) is 0. The first kappa shape index (κ1) is 61.1. The molecule has 3 fully saturated rings. The number of carbonyl (C=O) groups is 1. The molecular weight excluding hydrogens is 1040 g/mol. The molecule has 3 saturated carbocycles. The van der Waals surface area contributed by atoms with Crippen molar-refractivity contribution in [3.05, 3.63) is 65.7 Å². The Hall–Kier alpha value is -4.13. The molecule has 0 aliphatic heterocycles. The Balaban J connectivity index is 0.855. The van der Waals surface area contributed by atoms with Crippen LogP contribution in [-0.4, -0.2) is 73.2 Å². The fourth-order valence-electron chi connectivity index (χ4n) is 12.8. The smallest absolute Gasteiger partial charge is 0.460 e. The molecule has 6 rings (SSSR count). The summed E-state index contributed by atoms with van der Waals surface area (Å²) in [6.07, 6.45) is 14.2. The van der Waals surface area contributed by atoms with Crippen molar-refractivity contribution in [2.75, 3.05) is 13.2 Å². The number of hydrogen-bond donors (Lipinski definition) is 0. The normalized spacial score (nSPS) is 26.2. The second-order valence-electron chi connectivity index (χ2n) is 22.7. The van der Waals surface area contributed by atoms with Crippen molar-refractivity contribution in [1.29, 1.82) is 0 Å². The van der Waals surface area contributed by atoms with Crippen molar-refractivity contribution in [1.82, 2.24) is 0 Å². The number of fused-ring (bicyclic) bond motifs is 5. The summed E-state index contributed by atoms with van der Waals surface area (Å²) in [4.78, 5) is 17.0. The van der Waals surface area contributed by atoms with Crippen molar-refractivity contribution in [2.24, 2.45) is 51.3 Å². The molecule has 4 aliphatic carbocycles. The van der Waals surface area contributed by atoms with Crippen molar-refractivity contribution in [3.63, 3.8) is 0 Å². The van der Waals surface area contributed by atoms with E-state index in [1.165, 1.54) is 56.7 Å². The van der Waals surface area contributed by atoms with Crippen LogP contribution in [0.3, 0.4) is 0 Å². The number of allylic oxidation sites excluding steroid dienone is 1. The average Bonchev–Trinajstić information content (AvgIpc) is 3.71. The highest BCUT2D eigenvalue weighted by molar-refractivity contribution is 5.82. The Bertz CT molecular complexity index is 2300. The fourth-order valence-corrected chi connectivity index (χ4v) is 12.8. The molecule has 0 unspecified atom stereocenters. The molecule has 20 heteroatoms. The lowest BCUT2D eigenvalue weighted by Crippen LogP contribution is -2.73. The number of nitrogens with zero attached hydrogens (tertiary/aromatic N) is 1. The van der Waals surface area contributed by atoms with Crippen LogP contribution in [0.5, 0.6) is 11.5 Å². The zero-order valence-corrected chi connectivity index (χ0v) is 43.5. The van der Waals surface area contributed by atoms with Gasteiger partial charge in [0.1, 0.15) is 17.6 Å². The van der Waals surface area contributed by atoms with Gasteiger partial charge in [0.2, 0.25) is 0 Å². The third-order valence-electron chi connectivity index (χ3n) is 17.2. The molecule has 0 N–H and O–H groups in total. The third-order valence-corrected chi connectivity index (χ3v) is 17.2. The molecule has 0 heterocycles. The van der Waals surface area contributed by atoms with Crippen LogP contribution >= 0.6 is 0 Å². The Morgan fingerprint density at radius 2 is 1.25 bits per heavy atom. The number of carbonyl (C=O) groups excluding carboxylic acids is 1. The van der Waals surface area contributed by atoms with Crippen molar-refractivity contribution >= 4 is 17.9 Å². The molecule has 2 aromatic rings. The summed E-state index contributed by atoms with van der Waals surface area (Å²) in [6, 6.07) is 10.3. The number of esters is 1. The highest BCUT2D eigenvalue weighted by atomic mass is 19.4. The predicted molar refractivity (Wildman–Crippen MR) is 257 cm³/mol. The van der Waals surface area contributed by atoms with E-state index in [-0.39, 0.29) is 23.2 Å². The number of rotatable bonds is 25. The minimum Gasteiger partial charge on any atom is -0.494 e. The number of hydrogen-bond acceptors (Lipinski definition) is 5. The fraction of sp³-hybridized carbons (Fsp3) is 0.714. The quantitative estimate of drug-likeness (QED) is 0.0327. The van der Waals surface area contributed by atoms with Crippen molar-refractivity contribution in [3.8, 4) is 11.5 Å². The Labute approximate surface area is 435 Å². The van der Waals surface area contributed by atoms with Crippen LogP contribution in [0.25, 0.3) is 0 Å². The summed E-state index contributed by atoms with van der Waals surface area (Å²) in [5.41, 5.74) is 2.80. The van der Waals surface area contributed by atoms with Gasteiger partial charge in [-0.05, 0) is 158 Å². The van der Waals surface area contributed by atoms with E-state index in [2.05, 4.69) is 50.4 Å². The van der Waals surface area contributed by atoms with Gasteiger partial charge in [0.25, 0.3) is 0 Å². The van der Waals surface area contributed by atoms with E-state index in [4.69, 9.17) is 9.47 Å². The van der Waals surface area contributed by atoms with Crippen LogP contribution in [-0.2, 0) is 9.53 Å². The molecule has 5 nitrogen and oxygen atoms in total. The Morgan fingerprint density at radius 1 is 0.658 bits per heavy atom. The molecule has 76 heavy (non-hydrogen) atoms. The Kier molecular flexibility index (Phi) is 18.7. The SMILES string of the molecule is CC(C)CCC[C@@H](C)[C@H]1CC[C@H]2[C@@H]3CC=C4C[C@@H](OC(=O)CCCCCCCOc5ccc(C=Nc6ccc(OCC(F)(F)C(F)(F)C(F)(F)C(F)(F)C(F)(F)C(F)(F)C(F)(F)F)cc6)cc5)CC[C@]4(C)[C@H]3CC[C@]12C. The number of alkyl halides is 15. The van der Waals surface area contributed by atoms with Crippen LogP contribution in [0.2, 0.25) is 0 Å². The number of aliphatic imine (C=N–C) groups is 1. The zero-order valence-electron chi connectivity index (χ0n) is 43.5. The second-order valence-corrected chi connectivity index (χ2v) is 22.7. The first-order valence-corrected chi connectivity index (χ1v) is 26.5. The van der Waals surface area contributed by atoms with E-state index < -0.39 is 54.1 Å². The van der Waals surface area contributed by atoms with Gasteiger partial charge >= 0.3 is 47.7 Å². The van der Waals surface area contributed by atoms with Gasteiger partial charge in [-0.2, -0.15) is 65.9 Å². The average molecular weight is 1110 g/mol. The first-order valence-electron chi connectivity index (χ1n) is 26.5. The highest BCUT2D eigenvalue weighted by Gasteiger charge is 2.93. The van der Waals surface area contributed by atoms with E-state index in [1.54, 1.807) is 24.3 Å². The monoisotopic (exact) mass is 1110 g/mol. The molecular formula is C56H70F15NO4. The highest BCUT2D eigenvalue weighted by Crippen LogP contribution is 2.68. The number of halogens is 15. The summed E-state index contributed by atoms with van der Waals surface area (Å²) in [5, 5.41) is 0. The lowest BCUT2D eigenvalue weighted by molar-refractivity contribution is -0.453. The van der Waals surface area contributed by atoms with Gasteiger partial charge in [-0.1, -0.05) is 84.8 Å². The summed E-state index contributed by atoms with van der Waals surface area (Å²) >= 11 is 0. The Morgan fingerprint density at radius 3 is 1.89 bits per heavy atom. The maximum absolute atomic E-state index is 14.2. The molecule has 0 saturated heterocycles. The summed E-state index contributed by atoms with van der Waals surface area (Å²) in [5.74, 6) is -42.8. The molecule has 2 aromatic carbocycles. The van der Waals surface area contributed by atoms with Crippen LogP contribution < -0.4 is 9.47 Å². The minimum absolute atomic E-state index is 0.0596. The number of ether oxygens (including phenoxy) is 3. The summed E-state index contributed by atoms with van der Waals surface area (Å²) in [6.45, 7) is 9.81. The molecule has 0 spiro atoms. The topological polar surface area (TPSA) is 57.1 Å². The van der Waals surface area contributed by atoms with Gasteiger partial charge in [0.05, 0.1) is 12.3 Å². The lowest BCUT2D eigenvalue weighted by atomic mass is 9.47. The van der Waals surface area contributed by atoms with Crippen molar-refractivity contribution < 1.29 is 84.9 Å². The molecule has 0 aromatic heterocycles. The number of benzene rings is 2. The maximum Gasteiger partial charge on any atom is 0.460 e. The van der Waals surface area contributed by atoms with Gasteiger partial charge in [-0.25, -0.2) is 0 Å². The number of unbranched alkanes of at least 4 members (excludes halogenated alkanes) is 4. The molecule has 8 atom stereocenters. The molecule has 0 amide bonds. The van der Waals surface area contributed by atoms with E-state index in [0.29, 0.717) is 35.7 Å². The maximum atomic E-state index is 14.2. The predicted octanol–water partition coefficient (Wildman–Crippen LogP) is 17.9. The van der Waals surface area contributed by atoms with Crippen LogP contribution in [0.15, 0.2) is 65.2 Å². The van der Waals surface area contributed by atoms with Crippen LogP contribution in [0, 0.1) is 46.3 Å². The largest absolute Gasteiger partial charge is 0.494 e. The molecule has 4 aliphatic rings. The second kappa shape index (κ2) is 23.3. The summed E-state index contributed by atoms with van der Waals surface area (Å²) < 4.78 is 218. The van der Waals surface area contributed by atoms with Gasteiger partial charge in [0, 0.05) is 19.1 Å². The van der Waals surface area contributed by atoms with Crippen LogP contribution in [0.1, 0.15) is 149 Å². The first-order chi connectivity index (χ1) is 35.2. The van der Waals surface area contributed by atoms with Crippen LogP contribution in [0.4, 0.5) is 71.5 Å². The van der Waals surface area contributed by atoms with Gasteiger partial charge in [-0.15, -0.1) is 0 Å². The third kappa shape index (κ3) is 12.3. The van der Waals surface area contributed by atoms with Gasteiger partial charge < -0.3 is 14.2 Å². The lowest BCUT2D eigenvalue weighted by Gasteiger charge is -2.58. The zero-order chi connectivity index (χ0) is 56.3.